The van der Waals surface area contributed by atoms with Crippen molar-refractivity contribution in [3.63, 3.8) is 0 Å². The van der Waals surface area contributed by atoms with Crippen LogP contribution in [0.2, 0.25) is 0 Å². The van der Waals surface area contributed by atoms with Crippen LogP contribution in [0.15, 0.2) is 42.5 Å². The summed E-state index contributed by atoms with van der Waals surface area (Å²) >= 11 is 5.14. The first-order valence-electron chi connectivity index (χ1n) is 10.4. The highest BCUT2D eigenvalue weighted by atomic mass is 32.1. The van der Waals surface area contributed by atoms with Crippen LogP contribution >= 0.6 is 12.2 Å². The van der Waals surface area contributed by atoms with E-state index in [1.807, 2.05) is 0 Å². The number of nitrogens with zero attached hydrogens (tertiary/aromatic N) is 3. The summed E-state index contributed by atoms with van der Waals surface area (Å²) in [7, 11) is 1.51. The summed E-state index contributed by atoms with van der Waals surface area (Å²) in [4.78, 5) is 51.5. The van der Waals surface area contributed by atoms with Crippen LogP contribution in [0.1, 0.15) is 17.3 Å². The fourth-order valence-electron chi connectivity index (χ4n) is 3.71. The van der Waals surface area contributed by atoms with Gasteiger partial charge in [0.05, 0.1) is 18.8 Å². The maximum absolute atomic E-state index is 14.9. The lowest BCUT2D eigenvalue weighted by molar-refractivity contribution is -0.124. The van der Waals surface area contributed by atoms with E-state index in [4.69, 9.17) is 17.0 Å². The Balaban J connectivity index is 1.48. The molecule has 0 aromatic heterocycles. The van der Waals surface area contributed by atoms with E-state index in [2.05, 4.69) is 5.32 Å². The molecule has 2 heterocycles. The number of rotatable bonds is 5. The van der Waals surface area contributed by atoms with E-state index in [0.29, 0.717) is 16.8 Å². The number of likely N-dealkylation sites (N-methyl/N-ethyl adjacent to an activating group) is 1. The second-order valence-electron chi connectivity index (χ2n) is 7.92. The minimum absolute atomic E-state index is 0.114. The van der Waals surface area contributed by atoms with Crippen LogP contribution in [0, 0.1) is 5.82 Å². The zero-order valence-corrected chi connectivity index (χ0v) is 19.2. The molecule has 0 spiro atoms. The van der Waals surface area contributed by atoms with E-state index in [1.54, 1.807) is 36.4 Å². The van der Waals surface area contributed by atoms with E-state index in [1.165, 1.54) is 34.7 Å². The van der Waals surface area contributed by atoms with Gasteiger partial charge in [0, 0.05) is 25.1 Å². The van der Waals surface area contributed by atoms with Crippen molar-refractivity contribution in [1.29, 1.82) is 0 Å². The van der Waals surface area contributed by atoms with Crippen LogP contribution < -0.4 is 10.2 Å². The monoisotopic (exact) mass is 484 g/mol. The maximum Gasteiger partial charge on any atom is 0.414 e. The summed E-state index contributed by atoms with van der Waals surface area (Å²) in [5.41, 5.74) is 1.47. The number of benzene rings is 2. The Morgan fingerprint density at radius 2 is 1.88 bits per heavy atom. The molecule has 0 radical (unpaired) electrons. The highest BCUT2D eigenvalue weighted by molar-refractivity contribution is 7.80. The fraction of sp³-hybridized carbons (Fsp3) is 0.261. The summed E-state index contributed by atoms with van der Waals surface area (Å²) in [5.74, 6) is -1.46. The van der Waals surface area contributed by atoms with E-state index >= 15 is 0 Å². The van der Waals surface area contributed by atoms with Gasteiger partial charge in [-0.15, -0.1) is 0 Å². The zero-order valence-electron chi connectivity index (χ0n) is 18.4. The Labute approximate surface area is 200 Å². The Bertz CT molecular complexity index is 1200. The standard InChI is InChI=1S/C23H21FN4O5S/c1-13(29)25-10-17-11-27(23(32)33-17)16-7-8-18(19(24)9-16)14-3-5-15(6-4-14)21(31)28-12-20(30)26(2)22(28)34/h3-9,17H,10-12H2,1-2H3,(H,25,29)/t17-/m0/s1. The number of ether oxygens (including phenoxy) is 1. The molecule has 0 saturated carbocycles. The molecule has 4 amide bonds. The zero-order chi connectivity index (χ0) is 24.6. The van der Waals surface area contributed by atoms with Gasteiger partial charge in [0.15, 0.2) is 5.11 Å². The van der Waals surface area contributed by atoms with Crippen molar-refractivity contribution >= 4 is 46.8 Å². The summed E-state index contributed by atoms with van der Waals surface area (Å²) < 4.78 is 20.2. The molecule has 11 heteroatoms. The van der Waals surface area contributed by atoms with Crippen molar-refractivity contribution < 1.29 is 28.3 Å². The average Bonchev–Trinajstić information content (AvgIpc) is 3.31. The maximum atomic E-state index is 14.9. The third kappa shape index (κ3) is 4.46. The van der Waals surface area contributed by atoms with Crippen LogP contribution in [0.5, 0.6) is 0 Å². The van der Waals surface area contributed by atoms with Gasteiger partial charge in [0.2, 0.25) is 11.8 Å². The molecule has 9 nitrogen and oxygen atoms in total. The SMILES string of the molecule is CC(=O)NC[C@H]1CN(c2ccc(-c3ccc(C(=O)N4CC(=O)N(C)C4=S)cc3)c(F)c2)C(=O)O1. The minimum Gasteiger partial charge on any atom is -0.442 e. The van der Waals surface area contributed by atoms with Gasteiger partial charge in [-0.2, -0.15) is 0 Å². The van der Waals surface area contributed by atoms with Crippen LogP contribution in [0.25, 0.3) is 11.1 Å². The second kappa shape index (κ2) is 9.18. The van der Waals surface area contributed by atoms with Gasteiger partial charge in [0.25, 0.3) is 5.91 Å². The van der Waals surface area contributed by atoms with Crippen LogP contribution in [-0.4, -0.2) is 71.5 Å². The smallest absolute Gasteiger partial charge is 0.414 e. The van der Waals surface area contributed by atoms with Crippen molar-refractivity contribution in [3.8, 4) is 11.1 Å². The summed E-state index contributed by atoms with van der Waals surface area (Å²) in [6.45, 7) is 1.61. The molecule has 2 saturated heterocycles. The van der Waals surface area contributed by atoms with Gasteiger partial charge in [-0.1, -0.05) is 12.1 Å². The van der Waals surface area contributed by atoms with Gasteiger partial charge in [-0.05, 0) is 48.1 Å². The molecule has 0 bridgehead atoms. The van der Waals surface area contributed by atoms with E-state index < -0.39 is 23.9 Å². The molecule has 2 aromatic carbocycles. The largest absolute Gasteiger partial charge is 0.442 e. The van der Waals surface area contributed by atoms with Crippen molar-refractivity contribution in [3.05, 3.63) is 53.8 Å². The van der Waals surface area contributed by atoms with Crippen molar-refractivity contribution in [2.75, 3.05) is 31.6 Å². The lowest BCUT2D eigenvalue weighted by atomic mass is 10.0. The topological polar surface area (TPSA) is 99.3 Å². The number of carbonyl (C=O) groups excluding carboxylic acids is 4. The molecule has 1 atom stereocenters. The highest BCUT2D eigenvalue weighted by Gasteiger charge is 2.35. The van der Waals surface area contributed by atoms with Crippen molar-refractivity contribution in [1.82, 2.24) is 15.1 Å². The molecule has 1 N–H and O–H groups in total. The minimum atomic E-state index is -0.616. The van der Waals surface area contributed by atoms with Crippen LogP contribution in [0.3, 0.4) is 0 Å². The van der Waals surface area contributed by atoms with E-state index in [0.717, 1.165) is 0 Å². The molecular weight excluding hydrogens is 463 g/mol. The van der Waals surface area contributed by atoms with Crippen LogP contribution in [-0.2, 0) is 14.3 Å². The number of halogens is 1. The lowest BCUT2D eigenvalue weighted by Gasteiger charge is -2.16. The predicted molar refractivity (Wildman–Crippen MR) is 125 cm³/mol. The second-order valence-corrected chi connectivity index (χ2v) is 8.29. The molecular formula is C23H21FN4O5S. The number of thiocarbonyl (C=S) groups is 1. The normalized spacial score (nSPS) is 17.9. The van der Waals surface area contributed by atoms with Crippen molar-refractivity contribution in [2.24, 2.45) is 0 Å². The van der Waals surface area contributed by atoms with Gasteiger partial charge < -0.3 is 10.1 Å². The highest BCUT2D eigenvalue weighted by Crippen LogP contribution is 2.29. The molecule has 2 aromatic rings. The molecule has 2 fully saturated rings. The van der Waals surface area contributed by atoms with Gasteiger partial charge in [-0.25, -0.2) is 9.18 Å². The van der Waals surface area contributed by atoms with Gasteiger partial charge in [0.1, 0.15) is 18.5 Å². The van der Waals surface area contributed by atoms with Gasteiger partial charge >= 0.3 is 6.09 Å². The number of carbonyl (C=O) groups is 4. The number of amides is 4. The van der Waals surface area contributed by atoms with Crippen molar-refractivity contribution in [2.45, 2.75) is 13.0 Å². The first kappa shape index (κ1) is 23.3. The predicted octanol–water partition coefficient (Wildman–Crippen LogP) is 2.15. The van der Waals surface area contributed by atoms with E-state index in [9.17, 15) is 23.6 Å². The molecule has 0 aliphatic carbocycles. The summed E-state index contributed by atoms with van der Waals surface area (Å²) in [6, 6.07) is 10.7. The third-order valence-electron chi connectivity index (χ3n) is 5.59. The third-order valence-corrected chi connectivity index (χ3v) is 6.08. The molecule has 4 rings (SSSR count). The lowest BCUT2D eigenvalue weighted by Crippen LogP contribution is -2.34. The quantitative estimate of drug-likeness (QED) is 0.653. The number of anilines is 1. The first-order chi connectivity index (χ1) is 16.2. The summed E-state index contributed by atoms with van der Waals surface area (Å²) in [6.07, 6.45) is -1.14. The van der Waals surface area contributed by atoms with E-state index in [-0.39, 0.29) is 42.1 Å². The Hall–Kier alpha value is -3.86. The average molecular weight is 485 g/mol. The molecule has 34 heavy (non-hydrogen) atoms. The number of hydrogen-bond acceptors (Lipinski definition) is 6. The number of cyclic esters (lactones) is 1. The number of hydrogen-bond donors (Lipinski definition) is 1. The summed E-state index contributed by atoms with van der Waals surface area (Å²) in [5, 5.41) is 2.73. The molecule has 176 valence electrons. The number of nitrogens with one attached hydrogen (secondary N) is 1. The molecule has 2 aliphatic heterocycles. The first-order valence-corrected chi connectivity index (χ1v) is 10.8. The fourth-order valence-corrected chi connectivity index (χ4v) is 3.96. The molecule has 2 aliphatic rings. The Kier molecular flexibility index (Phi) is 6.29. The Morgan fingerprint density at radius 3 is 2.47 bits per heavy atom. The molecule has 0 unspecified atom stereocenters. The Morgan fingerprint density at radius 1 is 1.18 bits per heavy atom. The van der Waals surface area contributed by atoms with Gasteiger partial charge in [-0.3, -0.25) is 29.1 Å². The van der Waals surface area contributed by atoms with Crippen LogP contribution in [0.4, 0.5) is 14.9 Å².